The number of hydrogen-bond donors (Lipinski definition) is 1. The van der Waals surface area contributed by atoms with Crippen LogP contribution < -0.4 is 10.1 Å². The summed E-state index contributed by atoms with van der Waals surface area (Å²) in [6.45, 7) is 2.56. The third-order valence-corrected chi connectivity index (χ3v) is 3.36. The maximum Gasteiger partial charge on any atom is 0.338 e. The summed E-state index contributed by atoms with van der Waals surface area (Å²) in [5.74, 6) is 0.506. The van der Waals surface area contributed by atoms with Crippen molar-refractivity contribution in [2.45, 2.75) is 13.5 Å². The van der Waals surface area contributed by atoms with Crippen molar-refractivity contribution < 1.29 is 14.3 Å². The van der Waals surface area contributed by atoms with E-state index in [1.165, 1.54) is 7.11 Å². The van der Waals surface area contributed by atoms with Gasteiger partial charge in [0.1, 0.15) is 5.75 Å². The molecule has 2 aromatic carbocycles. The maximum absolute atomic E-state index is 11.7. The van der Waals surface area contributed by atoms with Gasteiger partial charge < -0.3 is 14.8 Å². The Balaban J connectivity index is 2.14. The monoisotopic (exact) mass is 285 g/mol. The van der Waals surface area contributed by atoms with Gasteiger partial charge in [0.05, 0.1) is 19.8 Å². The van der Waals surface area contributed by atoms with E-state index in [0.29, 0.717) is 12.1 Å². The summed E-state index contributed by atoms with van der Waals surface area (Å²) in [6, 6.07) is 13.4. The Morgan fingerprint density at radius 3 is 2.62 bits per heavy atom. The van der Waals surface area contributed by atoms with Crippen LogP contribution in [0, 0.1) is 6.92 Å². The molecule has 4 heteroatoms. The van der Waals surface area contributed by atoms with Crippen LogP contribution in [0.1, 0.15) is 21.5 Å². The second kappa shape index (κ2) is 6.79. The van der Waals surface area contributed by atoms with E-state index in [1.807, 2.05) is 43.3 Å². The molecule has 0 saturated heterocycles. The number of anilines is 1. The third kappa shape index (κ3) is 3.54. The topological polar surface area (TPSA) is 47.6 Å². The fourth-order valence-corrected chi connectivity index (χ4v) is 2.14. The normalized spacial score (nSPS) is 10.0. The summed E-state index contributed by atoms with van der Waals surface area (Å²) in [5, 5.41) is 3.34. The fraction of sp³-hybridized carbons (Fsp3) is 0.235. The first-order valence-corrected chi connectivity index (χ1v) is 6.70. The van der Waals surface area contributed by atoms with E-state index < -0.39 is 0 Å². The lowest BCUT2D eigenvalue weighted by molar-refractivity contribution is 0.0600. The molecule has 0 aliphatic rings. The van der Waals surface area contributed by atoms with E-state index >= 15 is 0 Å². The number of carbonyl (C=O) groups excluding carboxylic acids is 1. The minimum Gasteiger partial charge on any atom is -0.497 e. The van der Waals surface area contributed by atoms with Crippen molar-refractivity contribution in [1.82, 2.24) is 0 Å². The molecule has 0 atom stereocenters. The minimum absolute atomic E-state index is 0.322. The van der Waals surface area contributed by atoms with Crippen molar-refractivity contribution >= 4 is 11.7 Å². The van der Waals surface area contributed by atoms with E-state index in [0.717, 1.165) is 22.6 Å². The number of hydrogen-bond acceptors (Lipinski definition) is 4. The van der Waals surface area contributed by atoms with E-state index in [1.54, 1.807) is 13.2 Å². The number of esters is 1. The van der Waals surface area contributed by atoms with Gasteiger partial charge in [-0.15, -0.1) is 0 Å². The van der Waals surface area contributed by atoms with Crippen LogP contribution in [0.5, 0.6) is 5.75 Å². The molecule has 0 aliphatic heterocycles. The molecule has 2 aromatic rings. The van der Waals surface area contributed by atoms with E-state index in [9.17, 15) is 4.79 Å². The molecule has 0 saturated carbocycles. The van der Waals surface area contributed by atoms with Crippen LogP contribution in [0.3, 0.4) is 0 Å². The van der Waals surface area contributed by atoms with Crippen molar-refractivity contribution in [3.05, 3.63) is 59.2 Å². The average Bonchev–Trinajstić information content (AvgIpc) is 2.53. The predicted octanol–water partition coefficient (Wildman–Crippen LogP) is 3.40. The third-order valence-electron chi connectivity index (χ3n) is 3.36. The molecule has 0 spiro atoms. The van der Waals surface area contributed by atoms with Gasteiger partial charge in [-0.2, -0.15) is 0 Å². The van der Waals surface area contributed by atoms with Crippen molar-refractivity contribution in [2.75, 3.05) is 19.5 Å². The fourth-order valence-electron chi connectivity index (χ4n) is 2.14. The number of methoxy groups -OCH3 is 2. The molecule has 0 aromatic heterocycles. The molecule has 0 radical (unpaired) electrons. The van der Waals surface area contributed by atoms with Gasteiger partial charge in [-0.1, -0.05) is 18.2 Å². The molecule has 0 aliphatic carbocycles. The minimum atomic E-state index is -0.322. The summed E-state index contributed by atoms with van der Waals surface area (Å²) in [4.78, 5) is 11.7. The van der Waals surface area contributed by atoms with Crippen LogP contribution in [-0.2, 0) is 11.3 Å². The van der Waals surface area contributed by atoms with E-state index in [2.05, 4.69) is 5.32 Å². The Morgan fingerprint density at radius 1 is 1.14 bits per heavy atom. The maximum atomic E-state index is 11.7. The zero-order valence-electron chi connectivity index (χ0n) is 12.5. The molecule has 0 amide bonds. The van der Waals surface area contributed by atoms with Gasteiger partial charge in [-0.05, 0) is 42.3 Å². The van der Waals surface area contributed by atoms with Crippen LogP contribution in [0.15, 0.2) is 42.5 Å². The molecule has 2 rings (SSSR count). The standard InChI is InChI=1S/C17H19NO3/c1-12-15(17(19)21-3)8-5-9-16(12)18-11-13-6-4-7-14(10-13)20-2/h4-10,18H,11H2,1-3H3. The van der Waals surface area contributed by atoms with Crippen LogP contribution in [0.2, 0.25) is 0 Å². The lowest BCUT2D eigenvalue weighted by Gasteiger charge is -2.12. The van der Waals surface area contributed by atoms with Gasteiger partial charge in [-0.3, -0.25) is 0 Å². The van der Waals surface area contributed by atoms with Crippen LogP contribution in [0.25, 0.3) is 0 Å². The summed E-state index contributed by atoms with van der Waals surface area (Å²) >= 11 is 0. The summed E-state index contributed by atoms with van der Waals surface area (Å²) in [7, 11) is 3.04. The molecule has 4 nitrogen and oxygen atoms in total. The summed E-state index contributed by atoms with van der Waals surface area (Å²) < 4.78 is 9.99. The Hall–Kier alpha value is -2.49. The molecule has 1 N–H and O–H groups in total. The van der Waals surface area contributed by atoms with Gasteiger partial charge in [-0.25, -0.2) is 4.79 Å². The highest BCUT2D eigenvalue weighted by Crippen LogP contribution is 2.21. The lowest BCUT2D eigenvalue weighted by Crippen LogP contribution is -2.07. The van der Waals surface area contributed by atoms with Crippen LogP contribution in [-0.4, -0.2) is 20.2 Å². The highest BCUT2D eigenvalue weighted by Gasteiger charge is 2.11. The molecule has 0 fully saturated rings. The molecular weight excluding hydrogens is 266 g/mol. The number of benzene rings is 2. The van der Waals surface area contributed by atoms with Gasteiger partial charge in [0.25, 0.3) is 0 Å². The zero-order chi connectivity index (χ0) is 15.2. The Bertz CT molecular complexity index is 638. The Kier molecular flexibility index (Phi) is 4.82. The predicted molar refractivity (Wildman–Crippen MR) is 82.8 cm³/mol. The lowest BCUT2D eigenvalue weighted by atomic mass is 10.1. The highest BCUT2D eigenvalue weighted by atomic mass is 16.5. The molecule has 0 bridgehead atoms. The number of nitrogens with one attached hydrogen (secondary N) is 1. The Labute approximate surface area is 124 Å². The number of carbonyl (C=O) groups is 1. The highest BCUT2D eigenvalue weighted by molar-refractivity contribution is 5.92. The second-order valence-electron chi connectivity index (χ2n) is 4.67. The largest absolute Gasteiger partial charge is 0.497 e. The quantitative estimate of drug-likeness (QED) is 0.855. The van der Waals surface area contributed by atoms with Gasteiger partial charge >= 0.3 is 5.97 Å². The van der Waals surface area contributed by atoms with Gasteiger partial charge in [0.15, 0.2) is 0 Å². The van der Waals surface area contributed by atoms with Crippen LogP contribution >= 0.6 is 0 Å². The van der Waals surface area contributed by atoms with Crippen molar-refractivity contribution in [3.8, 4) is 5.75 Å². The first kappa shape index (κ1) is 14.9. The van der Waals surface area contributed by atoms with E-state index in [4.69, 9.17) is 9.47 Å². The molecule has 0 heterocycles. The van der Waals surface area contributed by atoms with E-state index in [-0.39, 0.29) is 5.97 Å². The molecule has 110 valence electrons. The molecular formula is C17H19NO3. The summed E-state index contributed by atoms with van der Waals surface area (Å²) in [5.41, 5.74) is 3.48. The second-order valence-corrected chi connectivity index (χ2v) is 4.67. The van der Waals surface area contributed by atoms with Crippen LogP contribution in [0.4, 0.5) is 5.69 Å². The van der Waals surface area contributed by atoms with Gasteiger partial charge in [0, 0.05) is 12.2 Å². The van der Waals surface area contributed by atoms with Crippen molar-refractivity contribution in [3.63, 3.8) is 0 Å². The van der Waals surface area contributed by atoms with Crippen molar-refractivity contribution in [2.24, 2.45) is 0 Å². The Morgan fingerprint density at radius 2 is 1.90 bits per heavy atom. The number of rotatable bonds is 5. The SMILES string of the molecule is COC(=O)c1cccc(NCc2cccc(OC)c2)c1C. The van der Waals surface area contributed by atoms with Gasteiger partial charge in [0.2, 0.25) is 0 Å². The average molecular weight is 285 g/mol. The first-order chi connectivity index (χ1) is 10.2. The molecule has 21 heavy (non-hydrogen) atoms. The zero-order valence-corrected chi connectivity index (χ0v) is 12.5. The summed E-state index contributed by atoms with van der Waals surface area (Å²) in [6.07, 6.45) is 0. The molecule has 0 unspecified atom stereocenters. The first-order valence-electron chi connectivity index (χ1n) is 6.70. The number of ether oxygens (including phenoxy) is 2. The van der Waals surface area contributed by atoms with Crippen molar-refractivity contribution in [1.29, 1.82) is 0 Å². The smallest absolute Gasteiger partial charge is 0.338 e.